The Morgan fingerprint density at radius 2 is 2.00 bits per heavy atom. The molecule has 1 aromatic heterocycles. The molecule has 2 aromatic rings. The summed E-state index contributed by atoms with van der Waals surface area (Å²) in [5.74, 6) is -0.0803. The van der Waals surface area contributed by atoms with Gasteiger partial charge in [-0.25, -0.2) is 10.2 Å². The van der Waals surface area contributed by atoms with Gasteiger partial charge in [-0.05, 0) is 57.0 Å². The minimum absolute atomic E-state index is 0.0803. The monoisotopic (exact) mass is 395 g/mol. The molecule has 1 atom stereocenters. The molecular weight excluding hydrogens is 366 g/mol. The van der Waals surface area contributed by atoms with E-state index in [2.05, 4.69) is 28.8 Å². The van der Waals surface area contributed by atoms with E-state index in [0.717, 1.165) is 41.5 Å². The predicted molar refractivity (Wildman–Crippen MR) is 117 cm³/mol. The van der Waals surface area contributed by atoms with E-state index in [9.17, 15) is 9.59 Å². The van der Waals surface area contributed by atoms with Gasteiger partial charge in [-0.3, -0.25) is 14.4 Å². The Morgan fingerprint density at radius 3 is 2.69 bits per heavy atom. The molecule has 4 rings (SSSR count). The van der Waals surface area contributed by atoms with Gasteiger partial charge >= 0.3 is 6.03 Å². The van der Waals surface area contributed by atoms with Gasteiger partial charge in [0, 0.05) is 55.4 Å². The number of fused-ring (bicyclic) bond motifs is 2. The standard InChI is InChI=1S/C22H29N5O2/c1-5-26(6-2)22(29)24-27-13-15-12-19-16(8-7-11-25(19)4)21-17(23-14(3)28)9-10-18(27)20(15)21/h8-10,13,19H,5-7,11-12H2,1-4H3,(H,23,28)(H,24,29)/t19-/m1/s1. The maximum atomic E-state index is 12.6. The number of benzene rings is 1. The van der Waals surface area contributed by atoms with E-state index in [1.165, 1.54) is 18.1 Å². The number of nitrogens with one attached hydrogen (secondary N) is 2. The van der Waals surface area contributed by atoms with Crippen LogP contribution < -0.4 is 10.7 Å². The fourth-order valence-electron chi connectivity index (χ4n) is 4.63. The lowest BCUT2D eigenvalue weighted by Crippen LogP contribution is -2.39. The van der Waals surface area contributed by atoms with Crippen LogP contribution in [0, 0.1) is 0 Å². The van der Waals surface area contributed by atoms with Crippen LogP contribution in [-0.4, -0.2) is 59.1 Å². The molecule has 0 unspecified atom stereocenters. The first-order chi connectivity index (χ1) is 13.9. The molecular formula is C22H29N5O2. The Morgan fingerprint density at radius 1 is 1.24 bits per heavy atom. The van der Waals surface area contributed by atoms with Crippen LogP contribution in [0.5, 0.6) is 0 Å². The number of urea groups is 1. The molecule has 0 radical (unpaired) electrons. The fourth-order valence-corrected chi connectivity index (χ4v) is 4.63. The number of hydrogen-bond donors (Lipinski definition) is 2. The molecule has 0 saturated carbocycles. The normalized spacial score (nSPS) is 18.2. The van der Waals surface area contributed by atoms with E-state index >= 15 is 0 Å². The van der Waals surface area contributed by atoms with Crippen molar-refractivity contribution in [1.29, 1.82) is 0 Å². The van der Waals surface area contributed by atoms with Crippen molar-refractivity contribution in [2.75, 3.05) is 37.4 Å². The average molecular weight is 396 g/mol. The van der Waals surface area contributed by atoms with Crippen molar-refractivity contribution >= 4 is 34.1 Å². The van der Waals surface area contributed by atoms with Gasteiger partial charge in [-0.1, -0.05) is 6.08 Å². The summed E-state index contributed by atoms with van der Waals surface area (Å²) in [5, 5.41) is 4.13. The zero-order valence-corrected chi connectivity index (χ0v) is 17.6. The van der Waals surface area contributed by atoms with Gasteiger partial charge in [0.1, 0.15) is 0 Å². The van der Waals surface area contributed by atoms with E-state index in [1.807, 2.05) is 36.9 Å². The molecule has 3 amide bonds. The van der Waals surface area contributed by atoms with Gasteiger partial charge in [-0.2, -0.15) is 0 Å². The Labute approximate surface area is 171 Å². The van der Waals surface area contributed by atoms with Crippen LogP contribution >= 0.6 is 0 Å². The zero-order valence-electron chi connectivity index (χ0n) is 17.6. The van der Waals surface area contributed by atoms with Crippen LogP contribution in [0.1, 0.15) is 38.3 Å². The highest BCUT2D eigenvalue weighted by Crippen LogP contribution is 2.44. The molecule has 154 valence electrons. The first-order valence-corrected chi connectivity index (χ1v) is 10.4. The minimum atomic E-state index is -0.112. The maximum absolute atomic E-state index is 12.6. The third-order valence-electron chi connectivity index (χ3n) is 6.07. The number of carbonyl (C=O) groups is 2. The average Bonchev–Trinajstić information content (AvgIpc) is 3.02. The first kappa shape index (κ1) is 19.5. The molecule has 2 aliphatic rings. The molecule has 0 bridgehead atoms. The Hall–Kier alpha value is -2.80. The summed E-state index contributed by atoms with van der Waals surface area (Å²) in [6, 6.07) is 4.09. The number of amides is 3. The van der Waals surface area contributed by atoms with Crippen molar-refractivity contribution in [3.63, 3.8) is 0 Å². The summed E-state index contributed by atoms with van der Waals surface area (Å²) in [6.07, 6.45) is 6.22. The molecule has 0 saturated heterocycles. The van der Waals surface area contributed by atoms with Crippen LogP contribution in [0.3, 0.4) is 0 Å². The number of rotatable bonds is 4. The minimum Gasteiger partial charge on any atom is -0.326 e. The number of hydrogen-bond acceptors (Lipinski definition) is 3. The quantitative estimate of drug-likeness (QED) is 0.835. The van der Waals surface area contributed by atoms with E-state index in [1.54, 1.807) is 4.90 Å². The van der Waals surface area contributed by atoms with Crippen LogP contribution in [0.4, 0.5) is 10.5 Å². The highest BCUT2D eigenvalue weighted by atomic mass is 16.2. The van der Waals surface area contributed by atoms with Crippen molar-refractivity contribution in [1.82, 2.24) is 14.5 Å². The lowest BCUT2D eigenvalue weighted by atomic mass is 9.81. The molecule has 1 aliphatic heterocycles. The van der Waals surface area contributed by atoms with Gasteiger partial charge in [0.05, 0.1) is 5.52 Å². The SMILES string of the molecule is CCN(CC)C(=O)Nn1cc2c3c(c(NC(C)=O)ccc31)C1=CCCN(C)[C@@H]1C2. The lowest BCUT2D eigenvalue weighted by molar-refractivity contribution is -0.114. The molecule has 1 aliphatic carbocycles. The van der Waals surface area contributed by atoms with Crippen molar-refractivity contribution in [3.8, 4) is 0 Å². The van der Waals surface area contributed by atoms with Gasteiger partial charge < -0.3 is 10.2 Å². The summed E-state index contributed by atoms with van der Waals surface area (Å²) in [5.41, 5.74) is 8.38. The zero-order chi connectivity index (χ0) is 20.7. The molecule has 1 aromatic carbocycles. The number of aromatic nitrogens is 1. The summed E-state index contributed by atoms with van der Waals surface area (Å²) in [4.78, 5) is 28.6. The summed E-state index contributed by atoms with van der Waals surface area (Å²) >= 11 is 0. The molecule has 2 heterocycles. The van der Waals surface area contributed by atoms with Gasteiger partial charge in [0.2, 0.25) is 5.91 Å². The number of nitrogens with zero attached hydrogens (tertiary/aromatic N) is 3. The number of carbonyl (C=O) groups excluding carboxylic acids is 2. The van der Waals surface area contributed by atoms with Crippen LogP contribution in [0.15, 0.2) is 24.4 Å². The number of anilines is 1. The van der Waals surface area contributed by atoms with Gasteiger partial charge in [0.25, 0.3) is 0 Å². The van der Waals surface area contributed by atoms with Crippen LogP contribution in [-0.2, 0) is 11.2 Å². The van der Waals surface area contributed by atoms with E-state index < -0.39 is 0 Å². The third kappa shape index (κ3) is 3.29. The molecule has 0 spiro atoms. The molecule has 0 fully saturated rings. The third-order valence-corrected chi connectivity index (χ3v) is 6.07. The van der Waals surface area contributed by atoms with Crippen molar-refractivity contribution in [2.45, 2.75) is 39.7 Å². The Balaban J connectivity index is 1.86. The predicted octanol–water partition coefficient (Wildman–Crippen LogP) is 3.25. The van der Waals surface area contributed by atoms with Crippen LogP contribution in [0.2, 0.25) is 0 Å². The molecule has 7 nitrogen and oxygen atoms in total. The largest absolute Gasteiger partial charge is 0.336 e. The summed E-state index contributed by atoms with van der Waals surface area (Å²) in [6.45, 7) is 7.82. The smallest absolute Gasteiger partial charge is 0.326 e. The maximum Gasteiger partial charge on any atom is 0.336 e. The van der Waals surface area contributed by atoms with Crippen molar-refractivity contribution in [2.24, 2.45) is 0 Å². The summed E-state index contributed by atoms with van der Waals surface area (Å²) < 4.78 is 1.84. The molecule has 7 heteroatoms. The topological polar surface area (TPSA) is 69.6 Å². The summed E-state index contributed by atoms with van der Waals surface area (Å²) in [7, 11) is 2.15. The fraction of sp³-hybridized carbons (Fsp3) is 0.455. The van der Waals surface area contributed by atoms with Crippen LogP contribution in [0.25, 0.3) is 16.5 Å². The van der Waals surface area contributed by atoms with Gasteiger partial charge in [0.15, 0.2) is 0 Å². The molecule has 2 N–H and O–H groups in total. The highest BCUT2D eigenvalue weighted by Gasteiger charge is 2.33. The molecule has 29 heavy (non-hydrogen) atoms. The first-order valence-electron chi connectivity index (χ1n) is 10.4. The highest BCUT2D eigenvalue weighted by molar-refractivity contribution is 6.06. The lowest BCUT2D eigenvalue weighted by Gasteiger charge is -2.37. The van der Waals surface area contributed by atoms with E-state index in [-0.39, 0.29) is 18.0 Å². The Kier molecular flexibility index (Phi) is 5.08. The van der Waals surface area contributed by atoms with E-state index in [0.29, 0.717) is 13.1 Å². The Bertz CT molecular complexity index is 1000. The van der Waals surface area contributed by atoms with E-state index in [4.69, 9.17) is 0 Å². The van der Waals surface area contributed by atoms with Crippen molar-refractivity contribution in [3.05, 3.63) is 35.5 Å². The number of likely N-dealkylation sites (N-methyl/N-ethyl adjacent to an activating group) is 1. The van der Waals surface area contributed by atoms with Gasteiger partial charge in [-0.15, -0.1) is 0 Å². The second kappa shape index (κ2) is 7.55. The second-order valence-corrected chi connectivity index (χ2v) is 7.83. The second-order valence-electron chi connectivity index (χ2n) is 7.83. The van der Waals surface area contributed by atoms with Crippen molar-refractivity contribution < 1.29 is 9.59 Å².